The third kappa shape index (κ3) is 2.67. The van der Waals surface area contributed by atoms with Crippen molar-refractivity contribution in [3.05, 3.63) is 40.5 Å². The lowest BCUT2D eigenvalue weighted by Gasteiger charge is -2.18. The number of hydrogen-bond donors (Lipinski definition) is 1. The molecule has 1 aliphatic rings. The van der Waals surface area contributed by atoms with Crippen LogP contribution in [0.2, 0.25) is 0 Å². The molecule has 0 spiro atoms. The van der Waals surface area contributed by atoms with Crippen LogP contribution in [0.15, 0.2) is 29.6 Å². The molecule has 0 fully saturated rings. The number of rotatable bonds is 3. The van der Waals surface area contributed by atoms with E-state index in [9.17, 15) is 0 Å². The molecule has 24 heavy (non-hydrogen) atoms. The molecule has 0 atom stereocenters. The Bertz CT molecular complexity index is 936. The van der Waals surface area contributed by atoms with Crippen molar-refractivity contribution in [3.63, 3.8) is 0 Å². The summed E-state index contributed by atoms with van der Waals surface area (Å²) in [6, 6.07) is 5.74. The molecule has 0 unspecified atom stereocenters. The highest BCUT2D eigenvalue weighted by atomic mass is 32.1. The summed E-state index contributed by atoms with van der Waals surface area (Å²) in [5, 5.41) is 5.33. The number of hydrogen-bond acceptors (Lipinski definition) is 7. The lowest BCUT2D eigenvalue weighted by Crippen LogP contribution is -2.15. The van der Waals surface area contributed by atoms with E-state index in [0.29, 0.717) is 13.2 Å². The molecule has 1 aliphatic heterocycles. The number of aryl methyl sites for hydroxylation is 2. The van der Waals surface area contributed by atoms with Gasteiger partial charge in [0.25, 0.3) is 0 Å². The highest BCUT2D eigenvalue weighted by molar-refractivity contribution is 7.18. The molecule has 7 heteroatoms. The van der Waals surface area contributed by atoms with E-state index in [1.165, 1.54) is 10.4 Å². The minimum atomic E-state index is 0.571. The predicted molar refractivity (Wildman–Crippen MR) is 95.5 cm³/mol. The van der Waals surface area contributed by atoms with Crippen molar-refractivity contribution in [2.24, 2.45) is 5.10 Å². The molecular formula is C17H16N4O2S. The average Bonchev–Trinajstić information content (AvgIpc) is 2.90. The number of nitrogens with zero attached hydrogens (tertiary/aromatic N) is 3. The number of fused-ring (bicyclic) bond motifs is 2. The summed E-state index contributed by atoms with van der Waals surface area (Å²) in [5.74, 6) is 2.24. The highest BCUT2D eigenvalue weighted by Crippen LogP contribution is 2.32. The average molecular weight is 340 g/mol. The van der Waals surface area contributed by atoms with Gasteiger partial charge in [-0.2, -0.15) is 5.10 Å². The number of aromatic nitrogens is 2. The van der Waals surface area contributed by atoms with Crippen molar-refractivity contribution in [2.45, 2.75) is 13.8 Å². The number of hydrazone groups is 1. The minimum absolute atomic E-state index is 0.571. The first-order valence-corrected chi connectivity index (χ1v) is 8.43. The number of ether oxygens (including phenoxy) is 2. The van der Waals surface area contributed by atoms with Crippen LogP contribution in [0.25, 0.3) is 10.2 Å². The quantitative estimate of drug-likeness (QED) is 0.583. The smallest absolute Gasteiger partial charge is 0.162 e. The molecule has 3 aromatic rings. The normalized spacial score (nSPS) is 13.6. The molecule has 6 nitrogen and oxygen atoms in total. The van der Waals surface area contributed by atoms with E-state index in [1.54, 1.807) is 23.9 Å². The topological polar surface area (TPSA) is 68.6 Å². The lowest BCUT2D eigenvalue weighted by atomic mass is 10.2. The van der Waals surface area contributed by atoms with Gasteiger partial charge in [-0.3, -0.25) is 5.43 Å². The summed E-state index contributed by atoms with van der Waals surface area (Å²) in [6.07, 6.45) is 3.29. The van der Waals surface area contributed by atoms with Gasteiger partial charge in [-0.1, -0.05) is 0 Å². The first-order valence-electron chi connectivity index (χ1n) is 7.62. The molecule has 0 aliphatic carbocycles. The van der Waals surface area contributed by atoms with Gasteiger partial charge in [0.15, 0.2) is 17.3 Å². The van der Waals surface area contributed by atoms with Crippen LogP contribution < -0.4 is 14.9 Å². The Morgan fingerprint density at radius 2 is 2.00 bits per heavy atom. The van der Waals surface area contributed by atoms with E-state index >= 15 is 0 Å². The zero-order valence-corrected chi connectivity index (χ0v) is 14.2. The third-order valence-electron chi connectivity index (χ3n) is 3.92. The Morgan fingerprint density at radius 1 is 1.17 bits per heavy atom. The number of anilines is 1. The highest BCUT2D eigenvalue weighted by Gasteiger charge is 2.12. The first kappa shape index (κ1) is 14.9. The molecular weight excluding hydrogens is 324 g/mol. The fraction of sp³-hybridized carbons (Fsp3) is 0.235. The van der Waals surface area contributed by atoms with Gasteiger partial charge >= 0.3 is 0 Å². The fourth-order valence-corrected chi connectivity index (χ4v) is 3.57. The molecule has 0 saturated carbocycles. The van der Waals surface area contributed by atoms with E-state index in [0.717, 1.165) is 33.1 Å². The van der Waals surface area contributed by atoms with Crippen LogP contribution in [0, 0.1) is 13.8 Å². The van der Waals surface area contributed by atoms with E-state index in [4.69, 9.17) is 9.47 Å². The van der Waals surface area contributed by atoms with E-state index < -0.39 is 0 Å². The second kappa shape index (κ2) is 6.09. The van der Waals surface area contributed by atoms with Crippen molar-refractivity contribution < 1.29 is 9.47 Å². The van der Waals surface area contributed by atoms with Crippen LogP contribution in [0.1, 0.15) is 16.0 Å². The molecule has 0 saturated heterocycles. The Hall–Kier alpha value is -2.67. The second-order valence-electron chi connectivity index (χ2n) is 5.46. The summed E-state index contributed by atoms with van der Waals surface area (Å²) < 4.78 is 11.1. The maximum Gasteiger partial charge on any atom is 0.162 e. The van der Waals surface area contributed by atoms with Gasteiger partial charge < -0.3 is 9.47 Å². The van der Waals surface area contributed by atoms with Crippen LogP contribution >= 0.6 is 11.3 Å². The van der Waals surface area contributed by atoms with Crippen molar-refractivity contribution >= 4 is 33.6 Å². The molecule has 0 radical (unpaired) electrons. The monoisotopic (exact) mass is 340 g/mol. The van der Waals surface area contributed by atoms with Gasteiger partial charge in [0, 0.05) is 4.88 Å². The van der Waals surface area contributed by atoms with Crippen LogP contribution in [0.4, 0.5) is 5.82 Å². The molecule has 0 bridgehead atoms. The maximum atomic E-state index is 5.58. The summed E-state index contributed by atoms with van der Waals surface area (Å²) in [6.45, 7) is 5.32. The van der Waals surface area contributed by atoms with Gasteiger partial charge in [-0.05, 0) is 43.2 Å². The Morgan fingerprint density at radius 3 is 2.88 bits per heavy atom. The van der Waals surface area contributed by atoms with Gasteiger partial charge in [-0.25, -0.2) is 9.97 Å². The molecule has 1 aromatic carbocycles. The Kier molecular flexibility index (Phi) is 3.78. The van der Waals surface area contributed by atoms with E-state index in [1.807, 2.05) is 18.2 Å². The van der Waals surface area contributed by atoms with E-state index in [-0.39, 0.29) is 0 Å². The summed E-state index contributed by atoms with van der Waals surface area (Å²) in [4.78, 5) is 10.8. The molecule has 1 N–H and O–H groups in total. The van der Waals surface area contributed by atoms with Crippen LogP contribution in [0.3, 0.4) is 0 Å². The van der Waals surface area contributed by atoms with Gasteiger partial charge in [0.1, 0.15) is 24.4 Å². The molecule has 4 rings (SSSR count). The Balaban J connectivity index is 1.58. The lowest BCUT2D eigenvalue weighted by molar-refractivity contribution is 0.171. The zero-order chi connectivity index (χ0) is 16.5. The second-order valence-corrected chi connectivity index (χ2v) is 6.66. The molecule has 122 valence electrons. The summed E-state index contributed by atoms with van der Waals surface area (Å²) >= 11 is 1.66. The predicted octanol–water partition coefficient (Wildman–Crippen LogP) is 3.53. The van der Waals surface area contributed by atoms with Crippen molar-refractivity contribution in [2.75, 3.05) is 18.6 Å². The molecule has 0 amide bonds. The van der Waals surface area contributed by atoms with Crippen LogP contribution in [-0.4, -0.2) is 29.4 Å². The van der Waals surface area contributed by atoms with E-state index in [2.05, 4.69) is 34.3 Å². The summed E-state index contributed by atoms with van der Waals surface area (Å²) in [7, 11) is 0. The number of nitrogens with one attached hydrogen (secondary N) is 1. The maximum absolute atomic E-state index is 5.58. The SMILES string of the molecule is Cc1sc2ncnc(N/N=C/c3ccc4c(c3)OCCO4)c2c1C. The standard InChI is InChI=1S/C17H16N4O2S/c1-10-11(2)24-17-15(10)16(18-9-19-17)21-20-8-12-3-4-13-14(7-12)23-6-5-22-13/h3-4,7-9H,5-6H2,1-2H3,(H,18,19,21)/b20-8+. The van der Waals surface area contributed by atoms with Gasteiger partial charge in [0.05, 0.1) is 11.6 Å². The fourth-order valence-electron chi connectivity index (χ4n) is 2.58. The van der Waals surface area contributed by atoms with Crippen LogP contribution in [0.5, 0.6) is 11.5 Å². The first-order chi connectivity index (χ1) is 11.7. The number of thiophene rings is 1. The molecule has 3 heterocycles. The largest absolute Gasteiger partial charge is 0.486 e. The third-order valence-corrected chi connectivity index (χ3v) is 5.03. The van der Waals surface area contributed by atoms with Crippen molar-refractivity contribution in [1.82, 2.24) is 9.97 Å². The minimum Gasteiger partial charge on any atom is -0.486 e. The van der Waals surface area contributed by atoms with Gasteiger partial charge in [0.2, 0.25) is 0 Å². The van der Waals surface area contributed by atoms with Gasteiger partial charge in [-0.15, -0.1) is 11.3 Å². The van der Waals surface area contributed by atoms with Crippen molar-refractivity contribution in [1.29, 1.82) is 0 Å². The zero-order valence-electron chi connectivity index (χ0n) is 13.4. The van der Waals surface area contributed by atoms with Crippen LogP contribution in [-0.2, 0) is 0 Å². The van der Waals surface area contributed by atoms with Crippen molar-refractivity contribution in [3.8, 4) is 11.5 Å². The molecule has 2 aromatic heterocycles. The Labute approximate surface area is 143 Å². The number of benzene rings is 1. The summed E-state index contributed by atoms with van der Waals surface area (Å²) in [5.41, 5.74) is 5.14.